The SMILES string of the molecule is CC(C)(C)OC(=O)NCc1ccc(OCc2scc3c2CN(C(CCC(=O)O)C(N)=O)C3=O)cc1. The number of carbonyl (C=O) groups excluding carboxylic acids is 3. The third-order valence-electron chi connectivity index (χ3n) is 5.27. The molecule has 0 fully saturated rings. The van der Waals surface area contributed by atoms with Gasteiger partial charge in [-0.1, -0.05) is 12.1 Å². The Kier molecular flexibility index (Phi) is 8.00. The average Bonchev–Trinajstić information content (AvgIpc) is 3.30. The van der Waals surface area contributed by atoms with Crippen molar-refractivity contribution >= 4 is 35.2 Å². The number of nitrogens with zero attached hydrogens (tertiary/aromatic N) is 1. The number of carbonyl (C=O) groups is 4. The summed E-state index contributed by atoms with van der Waals surface area (Å²) in [7, 11) is 0. The molecule has 3 rings (SSSR count). The number of ether oxygens (including phenoxy) is 2. The van der Waals surface area contributed by atoms with Gasteiger partial charge < -0.3 is 30.5 Å². The molecule has 1 aliphatic rings. The molecule has 0 saturated heterocycles. The van der Waals surface area contributed by atoms with Crippen molar-refractivity contribution in [2.75, 3.05) is 0 Å². The Labute approximate surface area is 207 Å². The summed E-state index contributed by atoms with van der Waals surface area (Å²) in [5.41, 5.74) is 7.00. The van der Waals surface area contributed by atoms with E-state index in [4.69, 9.17) is 20.3 Å². The highest BCUT2D eigenvalue weighted by Gasteiger charge is 2.37. The molecule has 1 atom stereocenters. The van der Waals surface area contributed by atoms with Crippen LogP contribution in [0, 0.1) is 0 Å². The number of alkyl carbamates (subject to hydrolysis) is 1. The lowest BCUT2D eigenvalue weighted by molar-refractivity contribution is -0.137. The van der Waals surface area contributed by atoms with Crippen LogP contribution in [0.1, 0.15) is 60.0 Å². The smallest absolute Gasteiger partial charge is 0.407 e. The van der Waals surface area contributed by atoms with Crippen LogP contribution in [0.5, 0.6) is 5.75 Å². The maximum absolute atomic E-state index is 12.8. The maximum Gasteiger partial charge on any atom is 0.407 e. The molecule has 1 aliphatic heterocycles. The van der Waals surface area contributed by atoms with Gasteiger partial charge in [-0.05, 0) is 44.9 Å². The number of amides is 3. The molecule has 1 aromatic heterocycles. The molecule has 3 amide bonds. The number of carboxylic acid groups (broad SMARTS) is 1. The van der Waals surface area contributed by atoms with E-state index < -0.39 is 29.6 Å². The largest absolute Gasteiger partial charge is 0.488 e. The van der Waals surface area contributed by atoms with Crippen LogP contribution in [0.4, 0.5) is 4.79 Å². The minimum absolute atomic E-state index is 0.0366. The lowest BCUT2D eigenvalue weighted by atomic mass is 10.1. The number of rotatable bonds is 10. The molecule has 0 aliphatic carbocycles. The molecule has 0 bridgehead atoms. The van der Waals surface area contributed by atoms with Crippen LogP contribution in [0.15, 0.2) is 29.6 Å². The molecule has 0 radical (unpaired) electrons. The van der Waals surface area contributed by atoms with Crippen molar-refractivity contribution in [2.45, 2.75) is 65.0 Å². The van der Waals surface area contributed by atoms with E-state index in [-0.39, 0.29) is 31.9 Å². The maximum atomic E-state index is 12.8. The Morgan fingerprint density at radius 3 is 2.51 bits per heavy atom. The molecule has 2 aromatic rings. The molecule has 10 nitrogen and oxygen atoms in total. The zero-order valence-corrected chi connectivity index (χ0v) is 20.6. The van der Waals surface area contributed by atoms with Crippen molar-refractivity contribution in [3.05, 3.63) is 51.2 Å². The number of primary amides is 1. The van der Waals surface area contributed by atoms with Gasteiger partial charge in [0.2, 0.25) is 5.91 Å². The van der Waals surface area contributed by atoms with Gasteiger partial charge >= 0.3 is 12.1 Å². The fourth-order valence-electron chi connectivity index (χ4n) is 3.60. The Balaban J connectivity index is 1.57. The predicted molar refractivity (Wildman–Crippen MR) is 128 cm³/mol. The molecule has 11 heteroatoms. The molecule has 4 N–H and O–H groups in total. The third-order valence-corrected chi connectivity index (χ3v) is 6.27. The summed E-state index contributed by atoms with van der Waals surface area (Å²) in [6.45, 7) is 6.11. The number of thiophene rings is 1. The van der Waals surface area contributed by atoms with Crippen LogP contribution < -0.4 is 15.8 Å². The number of nitrogens with one attached hydrogen (secondary N) is 1. The van der Waals surface area contributed by atoms with E-state index in [1.807, 2.05) is 12.1 Å². The summed E-state index contributed by atoms with van der Waals surface area (Å²) >= 11 is 1.39. The normalized spacial score (nSPS) is 13.8. The third kappa shape index (κ3) is 6.95. The predicted octanol–water partition coefficient (Wildman–Crippen LogP) is 3.03. The zero-order chi connectivity index (χ0) is 25.8. The number of hydrogen-bond donors (Lipinski definition) is 3. The Morgan fingerprint density at radius 2 is 1.91 bits per heavy atom. The van der Waals surface area contributed by atoms with Gasteiger partial charge in [-0.15, -0.1) is 11.3 Å². The second-order valence-electron chi connectivity index (χ2n) is 9.12. The van der Waals surface area contributed by atoms with Crippen molar-refractivity contribution in [2.24, 2.45) is 5.73 Å². The summed E-state index contributed by atoms with van der Waals surface area (Å²) < 4.78 is 11.1. The molecular formula is C24H29N3O7S. The van der Waals surface area contributed by atoms with Crippen LogP contribution in [0.3, 0.4) is 0 Å². The van der Waals surface area contributed by atoms with Crippen molar-refractivity contribution in [3.8, 4) is 5.75 Å². The topological polar surface area (TPSA) is 148 Å². The van der Waals surface area contributed by atoms with Crippen molar-refractivity contribution < 1.29 is 33.8 Å². The summed E-state index contributed by atoms with van der Waals surface area (Å²) in [5.74, 6) is -1.50. The number of carboxylic acids is 1. The standard InChI is InChI=1S/C24H29N3O7S/c1-24(2,3)34-23(32)26-10-14-4-6-15(7-5-14)33-12-19-16-11-27(22(31)17(16)13-35-19)18(21(25)30)8-9-20(28)29/h4-7,13,18H,8-12H2,1-3H3,(H2,25,30)(H,26,32)(H,28,29). The second-order valence-corrected chi connectivity index (χ2v) is 10.1. The summed E-state index contributed by atoms with van der Waals surface area (Å²) in [5, 5.41) is 13.3. The first-order chi connectivity index (χ1) is 16.4. The van der Waals surface area contributed by atoms with E-state index in [0.717, 1.165) is 16.0 Å². The van der Waals surface area contributed by atoms with Crippen LogP contribution in [-0.4, -0.2) is 45.5 Å². The van der Waals surface area contributed by atoms with Gasteiger partial charge in [0.1, 0.15) is 24.0 Å². The van der Waals surface area contributed by atoms with Crippen LogP contribution in [0.25, 0.3) is 0 Å². The van der Waals surface area contributed by atoms with Crippen LogP contribution >= 0.6 is 11.3 Å². The molecule has 2 heterocycles. The van der Waals surface area contributed by atoms with Gasteiger partial charge in [-0.2, -0.15) is 0 Å². The van der Waals surface area contributed by atoms with Gasteiger partial charge in [-0.25, -0.2) is 4.79 Å². The van der Waals surface area contributed by atoms with Crippen molar-refractivity contribution in [1.82, 2.24) is 10.2 Å². The molecule has 188 valence electrons. The van der Waals surface area contributed by atoms with E-state index >= 15 is 0 Å². The molecule has 0 saturated carbocycles. The number of aliphatic carboxylic acids is 1. The van der Waals surface area contributed by atoms with E-state index in [0.29, 0.717) is 17.9 Å². The van der Waals surface area contributed by atoms with E-state index in [9.17, 15) is 19.2 Å². The number of nitrogens with two attached hydrogens (primary N) is 1. The number of fused-ring (bicyclic) bond motifs is 1. The zero-order valence-electron chi connectivity index (χ0n) is 19.8. The van der Waals surface area contributed by atoms with Crippen LogP contribution in [0.2, 0.25) is 0 Å². The van der Waals surface area contributed by atoms with Gasteiger partial charge in [0.05, 0.1) is 5.56 Å². The molecule has 35 heavy (non-hydrogen) atoms. The van der Waals surface area contributed by atoms with E-state index in [2.05, 4.69) is 5.32 Å². The Hall–Kier alpha value is -3.60. The quantitative estimate of drug-likeness (QED) is 0.451. The summed E-state index contributed by atoms with van der Waals surface area (Å²) in [6, 6.07) is 6.25. The van der Waals surface area contributed by atoms with Crippen molar-refractivity contribution in [1.29, 1.82) is 0 Å². The highest BCUT2D eigenvalue weighted by Crippen LogP contribution is 2.34. The fraction of sp³-hybridized carbons (Fsp3) is 0.417. The van der Waals surface area contributed by atoms with E-state index in [1.54, 1.807) is 38.3 Å². The van der Waals surface area contributed by atoms with Gasteiger partial charge in [-0.3, -0.25) is 14.4 Å². The minimum Gasteiger partial charge on any atom is -0.488 e. The van der Waals surface area contributed by atoms with Crippen molar-refractivity contribution in [3.63, 3.8) is 0 Å². The molecule has 0 spiro atoms. The lowest BCUT2D eigenvalue weighted by Gasteiger charge is -2.24. The monoisotopic (exact) mass is 503 g/mol. The highest BCUT2D eigenvalue weighted by molar-refractivity contribution is 7.10. The minimum atomic E-state index is -1.06. The van der Waals surface area contributed by atoms with Gasteiger partial charge in [0.25, 0.3) is 5.91 Å². The van der Waals surface area contributed by atoms with E-state index in [1.165, 1.54) is 16.2 Å². The van der Waals surface area contributed by atoms with Crippen LogP contribution in [-0.2, 0) is 34.0 Å². The highest BCUT2D eigenvalue weighted by atomic mass is 32.1. The summed E-state index contributed by atoms with van der Waals surface area (Å²) in [4.78, 5) is 49.5. The Morgan fingerprint density at radius 1 is 1.23 bits per heavy atom. The molecular weight excluding hydrogens is 474 g/mol. The average molecular weight is 504 g/mol. The fourth-order valence-corrected chi connectivity index (χ4v) is 4.54. The first kappa shape index (κ1) is 26.0. The van der Waals surface area contributed by atoms with Gasteiger partial charge in [0.15, 0.2) is 0 Å². The lowest BCUT2D eigenvalue weighted by Crippen LogP contribution is -2.45. The molecule has 1 unspecified atom stereocenters. The first-order valence-electron chi connectivity index (χ1n) is 11.0. The first-order valence-corrected chi connectivity index (χ1v) is 11.9. The summed E-state index contributed by atoms with van der Waals surface area (Å²) in [6.07, 6.45) is -0.788. The Bertz CT molecular complexity index is 1110. The number of hydrogen-bond acceptors (Lipinski definition) is 7. The molecule has 1 aromatic carbocycles. The van der Waals surface area contributed by atoms with Gasteiger partial charge in [0, 0.05) is 35.3 Å². The second kappa shape index (κ2) is 10.8. The number of benzene rings is 1.